The summed E-state index contributed by atoms with van der Waals surface area (Å²) in [4.78, 5) is 0.205. The van der Waals surface area contributed by atoms with E-state index in [-0.39, 0.29) is 10.9 Å². The third-order valence-corrected chi connectivity index (χ3v) is 6.34. The van der Waals surface area contributed by atoms with Gasteiger partial charge in [-0.25, -0.2) is 13.1 Å². The summed E-state index contributed by atoms with van der Waals surface area (Å²) < 4.78 is 27.7. The molecule has 0 radical (unpaired) electrons. The van der Waals surface area contributed by atoms with Crippen LogP contribution in [0.2, 0.25) is 5.02 Å². The van der Waals surface area contributed by atoms with Crippen LogP contribution in [0.15, 0.2) is 23.1 Å². The van der Waals surface area contributed by atoms with E-state index in [1.54, 1.807) is 12.1 Å². The van der Waals surface area contributed by atoms with Gasteiger partial charge in [-0.2, -0.15) is 0 Å². The highest BCUT2D eigenvalue weighted by molar-refractivity contribution is 7.89. The normalized spacial score (nSPS) is 26.8. The molecule has 21 heavy (non-hydrogen) atoms. The van der Waals surface area contributed by atoms with Crippen LogP contribution in [-0.2, 0) is 16.6 Å². The molecule has 1 saturated carbocycles. The van der Waals surface area contributed by atoms with Gasteiger partial charge in [0.2, 0.25) is 10.0 Å². The zero-order valence-electron chi connectivity index (χ0n) is 12.5. The summed E-state index contributed by atoms with van der Waals surface area (Å²) in [6, 6.07) is 4.71. The van der Waals surface area contributed by atoms with Gasteiger partial charge in [0, 0.05) is 17.6 Å². The molecule has 2 rings (SSSR count). The van der Waals surface area contributed by atoms with Crippen molar-refractivity contribution in [2.75, 3.05) is 0 Å². The molecule has 0 amide bonds. The molecule has 4 nitrogen and oxygen atoms in total. The van der Waals surface area contributed by atoms with Gasteiger partial charge in [-0.1, -0.05) is 31.5 Å². The Kier molecular flexibility index (Phi) is 5.30. The third kappa shape index (κ3) is 3.97. The van der Waals surface area contributed by atoms with E-state index in [2.05, 4.69) is 18.6 Å². The van der Waals surface area contributed by atoms with Crippen molar-refractivity contribution in [3.8, 4) is 0 Å². The largest absolute Gasteiger partial charge is 0.326 e. The van der Waals surface area contributed by atoms with Gasteiger partial charge in [-0.3, -0.25) is 0 Å². The van der Waals surface area contributed by atoms with Crippen LogP contribution in [0.25, 0.3) is 0 Å². The van der Waals surface area contributed by atoms with E-state index in [4.69, 9.17) is 17.3 Å². The fourth-order valence-corrected chi connectivity index (χ4v) is 4.43. The van der Waals surface area contributed by atoms with Crippen molar-refractivity contribution in [3.05, 3.63) is 28.8 Å². The van der Waals surface area contributed by atoms with Gasteiger partial charge in [0.25, 0.3) is 0 Å². The molecule has 1 aliphatic carbocycles. The standard InChI is InChI=1S/C15H23ClN2O2S/c1-10-3-5-13(7-11(10)2)18-21(19,20)14-6-4-12(9-17)15(16)8-14/h4,6,8,10-11,13,18H,3,5,7,9,17H2,1-2H3. The maximum atomic E-state index is 12.4. The Bertz CT molecular complexity index is 604. The van der Waals surface area contributed by atoms with Gasteiger partial charge in [0.15, 0.2) is 0 Å². The Morgan fingerprint density at radius 1 is 1.29 bits per heavy atom. The minimum Gasteiger partial charge on any atom is -0.326 e. The number of rotatable bonds is 4. The Morgan fingerprint density at radius 3 is 2.57 bits per heavy atom. The highest BCUT2D eigenvalue weighted by atomic mass is 35.5. The van der Waals surface area contributed by atoms with Crippen LogP contribution < -0.4 is 10.5 Å². The summed E-state index contributed by atoms with van der Waals surface area (Å²) in [5, 5.41) is 0.394. The number of halogens is 1. The van der Waals surface area contributed by atoms with Crippen molar-refractivity contribution in [1.82, 2.24) is 4.72 Å². The topological polar surface area (TPSA) is 72.2 Å². The maximum absolute atomic E-state index is 12.4. The lowest BCUT2D eigenvalue weighted by Gasteiger charge is -2.32. The van der Waals surface area contributed by atoms with Crippen LogP contribution in [0.5, 0.6) is 0 Å². The number of hydrogen-bond acceptors (Lipinski definition) is 3. The summed E-state index contributed by atoms with van der Waals surface area (Å²) in [5.41, 5.74) is 6.28. The van der Waals surface area contributed by atoms with Gasteiger partial charge >= 0.3 is 0 Å². The second-order valence-electron chi connectivity index (χ2n) is 6.04. The molecule has 0 spiro atoms. The molecule has 118 valence electrons. The minimum absolute atomic E-state index is 0.00848. The van der Waals surface area contributed by atoms with Crippen molar-refractivity contribution < 1.29 is 8.42 Å². The molecule has 1 aliphatic rings. The first-order chi connectivity index (χ1) is 9.83. The predicted molar refractivity (Wildman–Crippen MR) is 85.6 cm³/mol. The Hall–Kier alpha value is -0.620. The van der Waals surface area contributed by atoms with Crippen LogP contribution in [0, 0.1) is 11.8 Å². The van der Waals surface area contributed by atoms with Gasteiger partial charge in [0.1, 0.15) is 0 Å². The smallest absolute Gasteiger partial charge is 0.240 e. The fraction of sp³-hybridized carbons (Fsp3) is 0.600. The van der Waals surface area contributed by atoms with Gasteiger partial charge in [-0.05, 0) is 48.8 Å². The van der Waals surface area contributed by atoms with E-state index < -0.39 is 10.0 Å². The number of hydrogen-bond donors (Lipinski definition) is 2. The average Bonchev–Trinajstić information content (AvgIpc) is 2.42. The first-order valence-corrected chi connectivity index (χ1v) is 9.20. The lowest BCUT2D eigenvalue weighted by Crippen LogP contribution is -2.39. The van der Waals surface area contributed by atoms with E-state index in [1.165, 1.54) is 6.07 Å². The number of benzene rings is 1. The van der Waals surface area contributed by atoms with Crippen molar-refractivity contribution in [3.63, 3.8) is 0 Å². The molecule has 1 aromatic carbocycles. The van der Waals surface area contributed by atoms with Crippen molar-refractivity contribution in [2.45, 2.75) is 50.6 Å². The molecule has 1 fully saturated rings. The van der Waals surface area contributed by atoms with E-state index in [9.17, 15) is 8.42 Å². The maximum Gasteiger partial charge on any atom is 0.240 e. The van der Waals surface area contributed by atoms with E-state index in [0.717, 1.165) is 24.8 Å². The van der Waals surface area contributed by atoms with E-state index in [0.29, 0.717) is 23.4 Å². The Labute approximate surface area is 132 Å². The predicted octanol–water partition coefficient (Wildman–Crippen LogP) is 2.90. The molecule has 0 aliphatic heterocycles. The Morgan fingerprint density at radius 2 is 2.00 bits per heavy atom. The minimum atomic E-state index is -3.52. The van der Waals surface area contributed by atoms with Crippen LogP contribution in [0.4, 0.5) is 0 Å². The van der Waals surface area contributed by atoms with E-state index >= 15 is 0 Å². The molecule has 1 aromatic rings. The SMILES string of the molecule is CC1CCC(NS(=O)(=O)c2ccc(CN)c(Cl)c2)CC1C. The second kappa shape index (κ2) is 6.65. The van der Waals surface area contributed by atoms with Crippen LogP contribution in [0.1, 0.15) is 38.7 Å². The molecular formula is C15H23ClN2O2S. The number of nitrogens with two attached hydrogens (primary N) is 1. The van der Waals surface area contributed by atoms with Crippen LogP contribution >= 0.6 is 11.6 Å². The zero-order valence-corrected chi connectivity index (χ0v) is 14.0. The van der Waals surface area contributed by atoms with Crippen molar-refractivity contribution >= 4 is 21.6 Å². The number of nitrogens with one attached hydrogen (secondary N) is 1. The molecule has 6 heteroatoms. The first kappa shape index (κ1) is 16.7. The van der Waals surface area contributed by atoms with E-state index in [1.807, 2.05) is 0 Å². The Balaban J connectivity index is 2.13. The van der Waals surface area contributed by atoms with Gasteiger partial charge < -0.3 is 5.73 Å². The summed E-state index contributed by atoms with van der Waals surface area (Å²) >= 11 is 6.05. The molecule has 3 unspecified atom stereocenters. The summed E-state index contributed by atoms with van der Waals surface area (Å²) in [6.07, 6.45) is 2.83. The summed E-state index contributed by atoms with van der Waals surface area (Å²) in [5.74, 6) is 1.19. The molecule has 0 heterocycles. The highest BCUT2D eigenvalue weighted by Gasteiger charge is 2.28. The molecule has 3 atom stereocenters. The average molecular weight is 331 g/mol. The highest BCUT2D eigenvalue weighted by Crippen LogP contribution is 2.30. The lowest BCUT2D eigenvalue weighted by molar-refractivity contribution is 0.242. The quantitative estimate of drug-likeness (QED) is 0.891. The number of sulfonamides is 1. The summed E-state index contributed by atoms with van der Waals surface area (Å²) in [7, 11) is -3.52. The van der Waals surface area contributed by atoms with Crippen LogP contribution in [0.3, 0.4) is 0 Å². The fourth-order valence-electron chi connectivity index (χ4n) is 2.80. The van der Waals surface area contributed by atoms with Crippen molar-refractivity contribution in [2.24, 2.45) is 17.6 Å². The molecule has 0 bridgehead atoms. The second-order valence-corrected chi connectivity index (χ2v) is 8.16. The molecule has 3 N–H and O–H groups in total. The summed E-state index contributed by atoms with van der Waals surface area (Å²) in [6.45, 7) is 4.70. The zero-order chi connectivity index (χ0) is 15.6. The van der Waals surface area contributed by atoms with Gasteiger partial charge in [0.05, 0.1) is 4.90 Å². The molecule has 0 aromatic heterocycles. The molecule has 0 saturated heterocycles. The van der Waals surface area contributed by atoms with Crippen LogP contribution in [-0.4, -0.2) is 14.5 Å². The first-order valence-electron chi connectivity index (χ1n) is 7.34. The molecular weight excluding hydrogens is 308 g/mol. The van der Waals surface area contributed by atoms with Gasteiger partial charge in [-0.15, -0.1) is 0 Å². The van der Waals surface area contributed by atoms with Crippen molar-refractivity contribution in [1.29, 1.82) is 0 Å². The third-order valence-electron chi connectivity index (χ3n) is 4.47. The lowest BCUT2D eigenvalue weighted by atomic mass is 9.79. The monoisotopic (exact) mass is 330 g/mol.